The number of hydrogen-bond donors (Lipinski definition) is 1. The van der Waals surface area contributed by atoms with Crippen LogP contribution in [0.5, 0.6) is 0 Å². The third-order valence-electron chi connectivity index (χ3n) is 5.19. The van der Waals surface area contributed by atoms with Gasteiger partial charge in [0.2, 0.25) is 11.8 Å². The summed E-state index contributed by atoms with van der Waals surface area (Å²) < 4.78 is 38.2. The van der Waals surface area contributed by atoms with Crippen LogP contribution in [-0.4, -0.2) is 23.4 Å². The van der Waals surface area contributed by atoms with E-state index in [-0.39, 0.29) is 47.8 Å². The lowest BCUT2D eigenvalue weighted by molar-refractivity contribution is -0.140. The van der Waals surface area contributed by atoms with Crippen LogP contribution in [-0.2, 0) is 15.8 Å². The Hall–Kier alpha value is -2.31. The van der Waals surface area contributed by atoms with Crippen molar-refractivity contribution in [2.45, 2.75) is 12.6 Å². The second-order valence-electron chi connectivity index (χ2n) is 6.52. The van der Waals surface area contributed by atoms with E-state index in [0.717, 1.165) is 23.5 Å². The van der Waals surface area contributed by atoms with Crippen molar-refractivity contribution in [3.63, 3.8) is 0 Å². The summed E-state index contributed by atoms with van der Waals surface area (Å²) in [5.41, 5.74) is -0.547. The van der Waals surface area contributed by atoms with Gasteiger partial charge >= 0.3 is 6.18 Å². The summed E-state index contributed by atoms with van der Waals surface area (Å²) in [5.74, 6) is -0.792. The van der Waals surface area contributed by atoms with Gasteiger partial charge in [0, 0.05) is 5.69 Å². The van der Waals surface area contributed by atoms with Crippen LogP contribution in [0.15, 0.2) is 36.4 Å². The zero-order chi connectivity index (χ0) is 17.1. The summed E-state index contributed by atoms with van der Waals surface area (Å²) in [7, 11) is 0. The number of rotatable bonds is 3. The molecular weight excluding hydrogens is 321 g/mol. The third kappa shape index (κ3) is 2.22. The van der Waals surface area contributed by atoms with E-state index in [9.17, 15) is 22.8 Å². The highest BCUT2D eigenvalue weighted by Gasteiger charge is 2.59. The van der Waals surface area contributed by atoms with Gasteiger partial charge in [-0.2, -0.15) is 13.2 Å². The molecule has 1 N–H and O–H groups in total. The number of halogens is 3. The maximum atomic E-state index is 12.7. The Labute approximate surface area is 136 Å². The maximum absolute atomic E-state index is 12.7. The van der Waals surface area contributed by atoms with Crippen LogP contribution >= 0.6 is 0 Å². The average Bonchev–Trinajstić information content (AvgIpc) is 3.20. The third-order valence-corrected chi connectivity index (χ3v) is 5.19. The molecule has 1 saturated heterocycles. The van der Waals surface area contributed by atoms with Gasteiger partial charge in [0.1, 0.15) is 0 Å². The lowest BCUT2D eigenvalue weighted by atomic mass is 9.85. The monoisotopic (exact) mass is 336 g/mol. The van der Waals surface area contributed by atoms with Crippen LogP contribution in [0.25, 0.3) is 0 Å². The minimum Gasteiger partial charge on any atom is -0.367 e. The fraction of sp³-hybridized carbons (Fsp3) is 0.412. The van der Waals surface area contributed by atoms with Crippen molar-refractivity contribution in [1.82, 2.24) is 4.90 Å². The predicted molar refractivity (Wildman–Crippen MR) is 79.5 cm³/mol. The Balaban J connectivity index is 1.48. The number of carbonyl (C=O) groups excluding carboxylic acids is 2. The lowest BCUT2D eigenvalue weighted by Crippen LogP contribution is -2.37. The van der Waals surface area contributed by atoms with E-state index in [1.165, 1.54) is 12.1 Å². The SMILES string of the molecule is O=C1[C@@H]2[C@H](C(=O)N1CNc1cccc(C(F)(F)F)c1)[C@@H]1C=C[C@@H]2C1. The van der Waals surface area contributed by atoms with Gasteiger partial charge in [0.15, 0.2) is 0 Å². The molecule has 1 saturated carbocycles. The van der Waals surface area contributed by atoms with Crippen molar-refractivity contribution in [1.29, 1.82) is 0 Å². The molecule has 2 amide bonds. The molecule has 1 aromatic carbocycles. The molecule has 0 spiro atoms. The van der Waals surface area contributed by atoms with Gasteiger partial charge in [-0.1, -0.05) is 18.2 Å². The quantitative estimate of drug-likeness (QED) is 0.682. The fourth-order valence-corrected chi connectivity index (χ4v) is 4.10. The van der Waals surface area contributed by atoms with Crippen molar-refractivity contribution in [2.24, 2.45) is 23.7 Å². The lowest BCUT2D eigenvalue weighted by Gasteiger charge is -2.19. The first-order chi connectivity index (χ1) is 11.4. The van der Waals surface area contributed by atoms with Crippen molar-refractivity contribution in [3.05, 3.63) is 42.0 Å². The van der Waals surface area contributed by atoms with Crippen molar-refractivity contribution in [2.75, 3.05) is 12.0 Å². The van der Waals surface area contributed by atoms with Gasteiger partial charge in [0.05, 0.1) is 24.1 Å². The summed E-state index contributed by atoms with van der Waals surface area (Å²) in [5, 5.41) is 2.76. The van der Waals surface area contributed by atoms with Crippen molar-refractivity contribution in [3.8, 4) is 0 Å². The second kappa shape index (κ2) is 5.09. The number of fused-ring (bicyclic) bond motifs is 5. The van der Waals surface area contributed by atoms with Crippen molar-refractivity contribution < 1.29 is 22.8 Å². The number of likely N-dealkylation sites (tertiary alicyclic amines) is 1. The van der Waals surface area contributed by atoms with Crippen LogP contribution in [0.3, 0.4) is 0 Å². The minimum atomic E-state index is -4.43. The molecule has 4 nitrogen and oxygen atoms in total. The zero-order valence-corrected chi connectivity index (χ0v) is 12.6. The van der Waals surface area contributed by atoms with Gasteiger partial charge in [-0.25, -0.2) is 0 Å². The standard InChI is InChI=1S/C17H15F3N2O2/c18-17(19,20)11-2-1-3-12(7-11)21-8-22-15(23)13-9-4-5-10(6-9)14(13)16(22)24/h1-5,7,9-10,13-14,21H,6,8H2/t9-,10-,13-,14+/m1/s1. The Bertz CT molecular complexity index is 714. The first kappa shape index (κ1) is 15.2. The molecular formula is C17H15F3N2O2. The molecule has 4 rings (SSSR count). The van der Waals surface area contributed by atoms with Crippen molar-refractivity contribution >= 4 is 17.5 Å². The molecule has 24 heavy (non-hydrogen) atoms. The van der Waals surface area contributed by atoms with Gasteiger partial charge in [-0.3, -0.25) is 14.5 Å². The minimum absolute atomic E-state index is 0.106. The highest BCUT2D eigenvalue weighted by molar-refractivity contribution is 6.06. The summed E-state index contributed by atoms with van der Waals surface area (Å²) >= 11 is 0. The molecule has 1 heterocycles. The number of allylic oxidation sites excluding steroid dienone is 2. The van der Waals surface area contributed by atoms with E-state index in [4.69, 9.17) is 0 Å². The molecule has 0 aromatic heterocycles. The number of nitrogens with zero attached hydrogens (tertiary/aromatic N) is 1. The number of alkyl halides is 3. The van der Waals surface area contributed by atoms with E-state index >= 15 is 0 Å². The van der Waals surface area contributed by atoms with Crippen LogP contribution in [0.4, 0.5) is 18.9 Å². The van der Waals surface area contributed by atoms with Crippen LogP contribution < -0.4 is 5.32 Å². The smallest absolute Gasteiger partial charge is 0.367 e. The Morgan fingerprint density at radius 3 is 2.29 bits per heavy atom. The first-order valence-electron chi connectivity index (χ1n) is 7.81. The molecule has 3 aliphatic rings. The number of benzene rings is 1. The van der Waals surface area contributed by atoms with Crippen LogP contribution in [0.1, 0.15) is 12.0 Å². The zero-order valence-electron chi connectivity index (χ0n) is 12.6. The molecule has 4 atom stereocenters. The molecule has 1 aromatic rings. The molecule has 0 unspecified atom stereocenters. The summed E-state index contributed by atoms with van der Waals surface area (Å²) in [6.07, 6.45) is 0.419. The topological polar surface area (TPSA) is 49.4 Å². The maximum Gasteiger partial charge on any atom is 0.416 e. The van der Waals surface area contributed by atoms with Gasteiger partial charge in [-0.05, 0) is 36.5 Å². The molecule has 0 radical (unpaired) electrons. The Morgan fingerprint density at radius 1 is 1.08 bits per heavy atom. The van der Waals surface area contributed by atoms with Gasteiger partial charge in [0.25, 0.3) is 0 Å². The van der Waals surface area contributed by atoms with Gasteiger partial charge < -0.3 is 5.32 Å². The summed E-state index contributed by atoms with van der Waals surface area (Å²) in [6, 6.07) is 4.71. The Kier molecular flexibility index (Phi) is 3.23. The second-order valence-corrected chi connectivity index (χ2v) is 6.52. The molecule has 2 fully saturated rings. The number of anilines is 1. The number of carbonyl (C=O) groups is 2. The molecule has 7 heteroatoms. The largest absolute Gasteiger partial charge is 0.416 e. The molecule has 126 valence electrons. The Morgan fingerprint density at radius 2 is 1.71 bits per heavy atom. The highest BCUT2D eigenvalue weighted by atomic mass is 19.4. The first-order valence-corrected chi connectivity index (χ1v) is 7.81. The van der Waals surface area contributed by atoms with E-state index < -0.39 is 11.7 Å². The van der Waals surface area contributed by atoms with Crippen LogP contribution in [0.2, 0.25) is 0 Å². The molecule has 1 aliphatic heterocycles. The normalized spacial score (nSPS) is 31.0. The van der Waals surface area contributed by atoms with E-state index in [1.807, 2.05) is 12.2 Å². The fourth-order valence-electron chi connectivity index (χ4n) is 4.10. The van der Waals surface area contributed by atoms with E-state index in [0.29, 0.717) is 0 Å². The number of hydrogen-bond acceptors (Lipinski definition) is 3. The molecule has 2 bridgehead atoms. The van der Waals surface area contributed by atoms with E-state index in [1.54, 1.807) is 0 Å². The number of nitrogens with one attached hydrogen (secondary N) is 1. The average molecular weight is 336 g/mol. The number of amides is 2. The summed E-state index contributed by atoms with van der Waals surface area (Å²) in [4.78, 5) is 26.1. The highest BCUT2D eigenvalue weighted by Crippen LogP contribution is 2.52. The molecule has 2 aliphatic carbocycles. The van der Waals surface area contributed by atoms with Crippen LogP contribution in [0, 0.1) is 23.7 Å². The summed E-state index contributed by atoms with van der Waals surface area (Å²) in [6.45, 7) is -0.106. The number of imide groups is 1. The van der Waals surface area contributed by atoms with E-state index in [2.05, 4.69) is 5.32 Å². The van der Waals surface area contributed by atoms with Gasteiger partial charge in [-0.15, -0.1) is 0 Å². The predicted octanol–water partition coefficient (Wildman–Crippen LogP) is 2.88.